The van der Waals surface area contributed by atoms with Gasteiger partial charge in [-0.05, 0) is 32.4 Å². The van der Waals surface area contributed by atoms with E-state index in [1.54, 1.807) is 6.20 Å². The number of rotatable bonds is 6. The fraction of sp³-hybridized carbons (Fsp3) is 0.542. The molecule has 0 radical (unpaired) electrons. The number of likely N-dealkylation sites (N-methyl/N-ethyl adjacent to an activating group) is 1. The monoisotopic (exact) mass is 406 g/mol. The second-order valence-corrected chi connectivity index (χ2v) is 8.81. The van der Waals surface area contributed by atoms with Gasteiger partial charge >= 0.3 is 0 Å². The lowest BCUT2D eigenvalue weighted by atomic mass is 9.95. The van der Waals surface area contributed by atoms with E-state index >= 15 is 0 Å². The number of aryl methyl sites for hydroxylation is 1. The van der Waals surface area contributed by atoms with E-state index in [4.69, 9.17) is 5.41 Å². The van der Waals surface area contributed by atoms with E-state index in [0.29, 0.717) is 11.8 Å². The van der Waals surface area contributed by atoms with E-state index < -0.39 is 0 Å². The fourth-order valence-electron chi connectivity index (χ4n) is 4.40. The van der Waals surface area contributed by atoms with Gasteiger partial charge in [0.15, 0.2) is 0 Å². The van der Waals surface area contributed by atoms with E-state index in [9.17, 15) is 0 Å². The first-order chi connectivity index (χ1) is 14.6. The molecule has 1 saturated heterocycles. The second kappa shape index (κ2) is 9.67. The normalized spacial score (nSPS) is 19.0. The lowest BCUT2D eigenvalue weighted by molar-refractivity contribution is 0.148. The fourth-order valence-corrected chi connectivity index (χ4v) is 4.40. The molecule has 2 aromatic rings. The predicted molar refractivity (Wildman–Crippen MR) is 122 cm³/mol. The smallest absolute Gasteiger partial charge is 0.139 e. The summed E-state index contributed by atoms with van der Waals surface area (Å²) in [4.78, 5) is 13.9. The maximum Gasteiger partial charge on any atom is 0.139 e. The largest absolute Gasteiger partial charge is 0.367 e. The number of aromatic nitrogens is 2. The van der Waals surface area contributed by atoms with Gasteiger partial charge in [-0.3, -0.25) is 10.3 Å². The maximum atomic E-state index is 8.81. The Morgan fingerprint density at radius 2 is 1.77 bits per heavy atom. The van der Waals surface area contributed by atoms with Crippen LogP contribution in [-0.2, 0) is 6.54 Å². The van der Waals surface area contributed by atoms with Crippen molar-refractivity contribution in [1.29, 1.82) is 5.41 Å². The van der Waals surface area contributed by atoms with Crippen LogP contribution in [0.4, 0.5) is 5.82 Å². The molecule has 1 aromatic carbocycles. The Morgan fingerprint density at radius 3 is 2.47 bits per heavy atom. The Bertz CT molecular complexity index is 848. The molecule has 2 heterocycles. The Hall–Kier alpha value is -2.31. The molecule has 4 rings (SSSR count). The number of piperazine rings is 1. The molecule has 1 aliphatic carbocycles. The summed E-state index contributed by atoms with van der Waals surface area (Å²) in [6.45, 7) is 7.38. The van der Waals surface area contributed by atoms with Crippen LogP contribution < -0.4 is 5.32 Å². The highest BCUT2D eigenvalue weighted by Crippen LogP contribution is 2.24. The molecule has 0 unspecified atom stereocenters. The SMILES string of the molecule is Cc1ncc(C(=N)c2ccc(CN3CCN(C)CC3)cc2)c(NC2CCCCC2)n1. The summed E-state index contributed by atoms with van der Waals surface area (Å²) in [5, 5.41) is 12.4. The molecular formula is C24H34N6. The van der Waals surface area contributed by atoms with Gasteiger partial charge in [0.05, 0.1) is 11.3 Å². The van der Waals surface area contributed by atoms with E-state index in [1.807, 2.05) is 6.92 Å². The molecule has 0 amide bonds. The number of hydrogen-bond donors (Lipinski definition) is 2. The zero-order valence-electron chi connectivity index (χ0n) is 18.3. The van der Waals surface area contributed by atoms with Crippen LogP contribution in [0, 0.1) is 12.3 Å². The van der Waals surface area contributed by atoms with Crippen LogP contribution in [0.2, 0.25) is 0 Å². The molecule has 2 aliphatic rings. The van der Waals surface area contributed by atoms with Gasteiger partial charge in [0.1, 0.15) is 11.6 Å². The number of hydrogen-bond acceptors (Lipinski definition) is 6. The average Bonchev–Trinajstić information content (AvgIpc) is 2.76. The van der Waals surface area contributed by atoms with Gasteiger partial charge in [-0.2, -0.15) is 0 Å². The zero-order chi connectivity index (χ0) is 20.9. The van der Waals surface area contributed by atoms with Gasteiger partial charge in [-0.25, -0.2) is 9.97 Å². The highest BCUT2D eigenvalue weighted by molar-refractivity contribution is 6.13. The van der Waals surface area contributed by atoms with Crippen LogP contribution in [0.5, 0.6) is 0 Å². The first-order valence-corrected chi connectivity index (χ1v) is 11.3. The van der Waals surface area contributed by atoms with Gasteiger partial charge in [0.2, 0.25) is 0 Å². The topological polar surface area (TPSA) is 68.1 Å². The van der Waals surface area contributed by atoms with Crippen LogP contribution in [-0.4, -0.2) is 64.7 Å². The number of nitrogens with one attached hydrogen (secondary N) is 2. The third-order valence-electron chi connectivity index (χ3n) is 6.37. The lowest BCUT2D eigenvalue weighted by Gasteiger charge is -2.32. The summed E-state index contributed by atoms with van der Waals surface area (Å²) in [5.41, 5.74) is 3.49. The van der Waals surface area contributed by atoms with Crippen molar-refractivity contribution in [2.45, 2.75) is 51.6 Å². The molecule has 2 fully saturated rings. The minimum atomic E-state index is 0.450. The predicted octanol–water partition coefficient (Wildman–Crippen LogP) is 3.69. The van der Waals surface area contributed by atoms with Crippen LogP contribution in [0.1, 0.15) is 54.6 Å². The number of anilines is 1. The van der Waals surface area contributed by atoms with E-state index in [0.717, 1.165) is 55.5 Å². The summed E-state index contributed by atoms with van der Waals surface area (Å²) in [6.07, 6.45) is 8.01. The molecule has 1 aliphatic heterocycles. The Morgan fingerprint density at radius 1 is 1.07 bits per heavy atom. The van der Waals surface area contributed by atoms with Crippen molar-refractivity contribution in [2.75, 3.05) is 38.5 Å². The highest BCUT2D eigenvalue weighted by atomic mass is 15.2. The quantitative estimate of drug-likeness (QED) is 0.716. The van der Waals surface area contributed by atoms with Gasteiger partial charge in [0, 0.05) is 50.5 Å². The standard InChI is InChI=1S/C24H34N6/c1-18-26-16-22(24(27-18)28-21-6-4-3-5-7-21)23(25)20-10-8-19(9-11-20)17-30-14-12-29(2)13-15-30/h8-11,16,21,25H,3-7,12-15,17H2,1-2H3,(H,26,27,28). The van der Waals surface area contributed by atoms with Crippen LogP contribution in [0.25, 0.3) is 0 Å². The minimum absolute atomic E-state index is 0.450. The lowest BCUT2D eigenvalue weighted by Crippen LogP contribution is -2.43. The third kappa shape index (κ3) is 5.24. The Kier molecular flexibility index (Phi) is 6.75. The summed E-state index contributed by atoms with van der Waals surface area (Å²) < 4.78 is 0. The Balaban J connectivity index is 1.46. The van der Waals surface area contributed by atoms with Crippen molar-refractivity contribution in [3.05, 3.63) is 53.0 Å². The van der Waals surface area contributed by atoms with Crippen molar-refractivity contribution >= 4 is 11.5 Å². The van der Waals surface area contributed by atoms with Gasteiger partial charge < -0.3 is 10.2 Å². The average molecular weight is 407 g/mol. The summed E-state index contributed by atoms with van der Waals surface area (Å²) in [7, 11) is 2.18. The molecule has 160 valence electrons. The number of benzene rings is 1. The highest BCUT2D eigenvalue weighted by Gasteiger charge is 2.19. The zero-order valence-corrected chi connectivity index (χ0v) is 18.3. The third-order valence-corrected chi connectivity index (χ3v) is 6.37. The van der Waals surface area contributed by atoms with Crippen molar-refractivity contribution in [3.8, 4) is 0 Å². The van der Waals surface area contributed by atoms with Crippen molar-refractivity contribution in [1.82, 2.24) is 19.8 Å². The molecule has 1 aromatic heterocycles. The van der Waals surface area contributed by atoms with E-state index in [1.165, 1.54) is 37.7 Å². The molecule has 6 nitrogen and oxygen atoms in total. The van der Waals surface area contributed by atoms with Gasteiger partial charge in [0.25, 0.3) is 0 Å². The van der Waals surface area contributed by atoms with E-state index in [-0.39, 0.29) is 0 Å². The molecule has 0 spiro atoms. The molecule has 30 heavy (non-hydrogen) atoms. The van der Waals surface area contributed by atoms with Crippen molar-refractivity contribution in [2.24, 2.45) is 0 Å². The molecule has 0 bridgehead atoms. The summed E-state index contributed by atoms with van der Waals surface area (Å²) in [5.74, 6) is 1.55. The first kappa shape index (κ1) is 20.9. The molecule has 1 saturated carbocycles. The van der Waals surface area contributed by atoms with Crippen LogP contribution >= 0.6 is 0 Å². The molecular weight excluding hydrogens is 372 g/mol. The van der Waals surface area contributed by atoms with Crippen LogP contribution in [0.3, 0.4) is 0 Å². The van der Waals surface area contributed by atoms with Gasteiger partial charge in [-0.1, -0.05) is 43.5 Å². The number of nitrogens with zero attached hydrogens (tertiary/aromatic N) is 4. The Labute approximate surface area is 180 Å². The molecule has 6 heteroatoms. The molecule has 0 atom stereocenters. The van der Waals surface area contributed by atoms with Gasteiger partial charge in [-0.15, -0.1) is 0 Å². The maximum absolute atomic E-state index is 8.81. The first-order valence-electron chi connectivity index (χ1n) is 11.3. The van der Waals surface area contributed by atoms with E-state index in [2.05, 4.69) is 56.4 Å². The summed E-state index contributed by atoms with van der Waals surface area (Å²) in [6, 6.07) is 8.90. The second-order valence-electron chi connectivity index (χ2n) is 8.81. The minimum Gasteiger partial charge on any atom is -0.367 e. The molecule has 2 N–H and O–H groups in total. The van der Waals surface area contributed by atoms with Crippen molar-refractivity contribution < 1.29 is 0 Å². The van der Waals surface area contributed by atoms with Crippen LogP contribution in [0.15, 0.2) is 30.5 Å². The van der Waals surface area contributed by atoms with Crippen molar-refractivity contribution in [3.63, 3.8) is 0 Å². The summed E-state index contributed by atoms with van der Waals surface area (Å²) >= 11 is 0.